The maximum Gasteiger partial charge on any atom is 0.350 e. The fourth-order valence-electron chi connectivity index (χ4n) is 4.36. The topological polar surface area (TPSA) is 192 Å². The van der Waals surface area contributed by atoms with E-state index in [-0.39, 0.29) is 17.5 Å². The number of esters is 1. The number of benzene rings is 2. The first-order chi connectivity index (χ1) is 20.1. The van der Waals surface area contributed by atoms with Gasteiger partial charge in [0, 0.05) is 24.0 Å². The number of carbonyl (C=O) groups is 2. The number of hydrogen-bond acceptors (Lipinski definition) is 10. The van der Waals surface area contributed by atoms with Crippen molar-refractivity contribution in [2.75, 3.05) is 21.0 Å². The van der Waals surface area contributed by atoms with E-state index in [2.05, 4.69) is 10.1 Å². The molecule has 0 saturated heterocycles. The van der Waals surface area contributed by atoms with Crippen LogP contribution in [-0.4, -0.2) is 58.7 Å². The highest BCUT2D eigenvalue weighted by Crippen LogP contribution is 2.39. The quantitative estimate of drug-likeness (QED) is 0.134. The Labute approximate surface area is 243 Å². The minimum absolute atomic E-state index is 0.0206. The zero-order chi connectivity index (χ0) is 30.4. The molecule has 0 amide bonds. The fraction of sp³-hybridized carbons (Fsp3) is 0.250. The molecule has 0 bridgehead atoms. The summed E-state index contributed by atoms with van der Waals surface area (Å²) in [5, 5.41) is 21.4. The van der Waals surface area contributed by atoms with Gasteiger partial charge in [-0.1, -0.05) is 24.3 Å². The minimum atomic E-state index is -0.833. The number of amidine groups is 1. The summed E-state index contributed by atoms with van der Waals surface area (Å²) in [4.78, 5) is 37.4. The third kappa shape index (κ3) is 6.67. The van der Waals surface area contributed by atoms with Crippen molar-refractivity contribution in [2.45, 2.75) is 25.9 Å². The maximum atomic E-state index is 13.1. The Balaban J connectivity index is 0.000000952. The van der Waals surface area contributed by atoms with Gasteiger partial charge in [0.1, 0.15) is 16.5 Å². The predicted octanol–water partition coefficient (Wildman–Crippen LogP) is 3.03. The summed E-state index contributed by atoms with van der Waals surface area (Å²) < 4.78 is 22.8. The number of ether oxygens (including phenoxy) is 4. The van der Waals surface area contributed by atoms with Crippen molar-refractivity contribution < 1.29 is 33.6 Å². The van der Waals surface area contributed by atoms with Crippen LogP contribution in [0.1, 0.15) is 50.6 Å². The molecule has 1 aliphatic rings. The number of nitrogens with zero attached hydrogens (tertiary/aromatic N) is 2. The second-order valence-electron chi connectivity index (χ2n) is 9.06. The second kappa shape index (κ2) is 13.1. The lowest BCUT2D eigenvalue weighted by molar-refractivity contribution is -0.134. The van der Waals surface area contributed by atoms with E-state index in [1.54, 1.807) is 30.7 Å². The Morgan fingerprint density at radius 3 is 2.60 bits per heavy atom. The normalized spacial score (nSPS) is 12.6. The van der Waals surface area contributed by atoms with E-state index in [1.165, 1.54) is 23.1 Å². The van der Waals surface area contributed by atoms with Crippen LogP contribution in [0.15, 0.2) is 52.6 Å². The van der Waals surface area contributed by atoms with Gasteiger partial charge in [0.25, 0.3) is 5.97 Å². The van der Waals surface area contributed by atoms with Gasteiger partial charge in [-0.05, 0) is 41.1 Å². The van der Waals surface area contributed by atoms with Crippen LogP contribution in [0.3, 0.4) is 0 Å². The standard InChI is InChI=1S/C26H25N5O6S.C2H4O2/c1-34-20-11-16(10-17-12-36-13-37-21(17)20)18(9-14-3-5-15(6-4-14)23(27)28)24-29-26(33)31(30-24)19-7-8-38-22(19)25(32)35-2;1-2(3)4/h3-8,10-11,18H,9,12-13H2,1-2H3,(H3,27,28)(H,29,30,33);1H3,(H,3,4). The number of aromatic amines is 1. The Morgan fingerprint density at radius 2 is 1.95 bits per heavy atom. The van der Waals surface area contributed by atoms with Crippen molar-refractivity contribution in [1.82, 2.24) is 14.8 Å². The van der Waals surface area contributed by atoms with Crippen molar-refractivity contribution in [1.29, 1.82) is 5.41 Å². The van der Waals surface area contributed by atoms with E-state index >= 15 is 0 Å². The molecule has 1 aliphatic heterocycles. The molecule has 2 aromatic heterocycles. The number of nitrogen functional groups attached to an aromatic ring is 1. The molecule has 0 radical (unpaired) electrons. The number of aromatic nitrogens is 3. The van der Waals surface area contributed by atoms with E-state index < -0.39 is 23.5 Å². The number of carboxylic acid groups (broad SMARTS) is 1. The summed E-state index contributed by atoms with van der Waals surface area (Å²) in [5.74, 6) is -0.251. The van der Waals surface area contributed by atoms with Gasteiger partial charge >= 0.3 is 11.7 Å². The average Bonchev–Trinajstić information content (AvgIpc) is 3.61. The molecule has 42 heavy (non-hydrogen) atoms. The number of carbonyl (C=O) groups excluding carboxylic acids is 1. The third-order valence-electron chi connectivity index (χ3n) is 6.23. The molecule has 0 saturated carbocycles. The first kappa shape index (κ1) is 30.0. The molecule has 3 heterocycles. The van der Waals surface area contributed by atoms with E-state index in [9.17, 15) is 9.59 Å². The van der Waals surface area contributed by atoms with Crippen molar-refractivity contribution in [3.05, 3.63) is 91.3 Å². The number of methoxy groups -OCH3 is 2. The Morgan fingerprint density at radius 1 is 1.24 bits per heavy atom. The molecule has 5 N–H and O–H groups in total. The Hall–Kier alpha value is -4.95. The number of nitrogens with one attached hydrogen (secondary N) is 2. The summed E-state index contributed by atoms with van der Waals surface area (Å²) in [6.07, 6.45) is 0.461. The van der Waals surface area contributed by atoms with Gasteiger partial charge < -0.3 is 29.8 Å². The van der Waals surface area contributed by atoms with Crippen molar-refractivity contribution in [2.24, 2.45) is 5.73 Å². The lowest BCUT2D eigenvalue weighted by atomic mass is 9.89. The average molecular weight is 596 g/mol. The van der Waals surface area contributed by atoms with Crippen molar-refractivity contribution >= 4 is 29.1 Å². The van der Waals surface area contributed by atoms with Gasteiger partial charge in [-0.25, -0.2) is 9.59 Å². The zero-order valence-corrected chi connectivity index (χ0v) is 23.8. The van der Waals surface area contributed by atoms with Crippen LogP contribution in [0.5, 0.6) is 11.5 Å². The first-order valence-corrected chi connectivity index (χ1v) is 13.4. The monoisotopic (exact) mass is 595 g/mol. The van der Waals surface area contributed by atoms with Crippen LogP contribution in [-0.2, 0) is 27.3 Å². The fourth-order valence-corrected chi connectivity index (χ4v) is 5.15. The molecule has 1 unspecified atom stereocenters. The van der Waals surface area contributed by atoms with Crippen LogP contribution in [0, 0.1) is 5.41 Å². The second-order valence-corrected chi connectivity index (χ2v) is 9.98. The predicted molar refractivity (Wildman–Crippen MR) is 153 cm³/mol. The molecule has 0 fully saturated rings. The van der Waals surface area contributed by atoms with E-state index in [1.807, 2.05) is 24.3 Å². The summed E-state index contributed by atoms with van der Waals surface area (Å²) >= 11 is 1.17. The number of H-pyrrole nitrogens is 1. The van der Waals surface area contributed by atoms with Gasteiger partial charge in [0.2, 0.25) is 0 Å². The Bertz CT molecular complexity index is 1640. The SMILES string of the molecule is CC(=O)O.COC(=O)c1sccc1-n1nc(C(Cc2ccc(C(=N)N)cc2)c2cc3c(c(OC)c2)OCOC3)[nH]c1=O. The van der Waals surface area contributed by atoms with Crippen LogP contribution in [0.4, 0.5) is 0 Å². The van der Waals surface area contributed by atoms with Crippen LogP contribution in [0.2, 0.25) is 0 Å². The summed E-state index contributed by atoms with van der Waals surface area (Å²) in [6.45, 7) is 1.57. The van der Waals surface area contributed by atoms with Gasteiger partial charge in [-0.3, -0.25) is 15.2 Å². The first-order valence-electron chi connectivity index (χ1n) is 12.5. The largest absolute Gasteiger partial charge is 0.493 e. The molecule has 0 aliphatic carbocycles. The van der Waals surface area contributed by atoms with Gasteiger partial charge in [0.05, 0.1) is 26.5 Å². The van der Waals surface area contributed by atoms with Crippen molar-refractivity contribution in [3.8, 4) is 17.2 Å². The lowest BCUT2D eigenvalue weighted by Crippen LogP contribution is -2.17. The third-order valence-corrected chi connectivity index (χ3v) is 7.12. The number of thiophene rings is 1. The smallest absolute Gasteiger partial charge is 0.350 e. The van der Waals surface area contributed by atoms with Crippen LogP contribution in [0.25, 0.3) is 5.69 Å². The molecule has 14 heteroatoms. The molecule has 4 aromatic rings. The molecular formula is C28H29N5O8S. The molecule has 220 valence electrons. The van der Waals surface area contributed by atoms with Crippen LogP contribution < -0.4 is 20.9 Å². The highest BCUT2D eigenvalue weighted by Gasteiger charge is 2.27. The van der Waals surface area contributed by atoms with Gasteiger partial charge in [-0.2, -0.15) is 4.68 Å². The number of nitrogens with two attached hydrogens (primary N) is 1. The lowest BCUT2D eigenvalue weighted by Gasteiger charge is -2.23. The minimum Gasteiger partial charge on any atom is -0.493 e. The van der Waals surface area contributed by atoms with Gasteiger partial charge in [-0.15, -0.1) is 16.4 Å². The maximum absolute atomic E-state index is 13.1. The molecular weight excluding hydrogens is 566 g/mol. The van der Waals surface area contributed by atoms with Gasteiger partial charge in [0.15, 0.2) is 18.3 Å². The highest BCUT2D eigenvalue weighted by atomic mass is 32.1. The molecule has 5 rings (SSSR count). The number of carboxylic acids is 1. The van der Waals surface area contributed by atoms with Crippen LogP contribution >= 0.6 is 11.3 Å². The van der Waals surface area contributed by atoms with E-state index in [0.29, 0.717) is 41.6 Å². The summed E-state index contributed by atoms with van der Waals surface area (Å²) in [5.41, 5.74) is 8.65. The number of aliphatic carboxylic acids is 1. The molecule has 2 aromatic carbocycles. The zero-order valence-electron chi connectivity index (χ0n) is 23.0. The molecule has 0 spiro atoms. The number of hydrogen-bond donors (Lipinski definition) is 4. The molecule has 13 nitrogen and oxygen atoms in total. The van der Waals surface area contributed by atoms with E-state index in [4.69, 9.17) is 40.0 Å². The number of fused-ring (bicyclic) bond motifs is 1. The summed E-state index contributed by atoms with van der Waals surface area (Å²) in [6, 6.07) is 12.8. The summed E-state index contributed by atoms with van der Waals surface area (Å²) in [7, 11) is 2.85. The van der Waals surface area contributed by atoms with Crippen molar-refractivity contribution in [3.63, 3.8) is 0 Å². The van der Waals surface area contributed by atoms with E-state index in [0.717, 1.165) is 23.6 Å². The molecule has 1 atom stereocenters. The Kier molecular flexibility index (Phi) is 9.39. The number of rotatable bonds is 8. The highest BCUT2D eigenvalue weighted by molar-refractivity contribution is 7.12.